The number of benzene rings is 1. The lowest BCUT2D eigenvalue weighted by Crippen LogP contribution is -2.59. The highest BCUT2D eigenvalue weighted by atomic mass is 32.2. The molecule has 1 aromatic carbocycles. The van der Waals surface area contributed by atoms with Gasteiger partial charge in [-0.05, 0) is 100 Å². The number of carbonyl (C=O) groups excluding carboxylic acids is 4. The Bertz CT molecular complexity index is 2380. The Kier molecular flexibility index (Phi) is 11.5. The van der Waals surface area contributed by atoms with Crippen molar-refractivity contribution in [1.82, 2.24) is 29.8 Å². The van der Waals surface area contributed by atoms with Gasteiger partial charge in [0, 0.05) is 19.2 Å². The number of hydrogen-bond donors (Lipinski definition) is 3. The minimum absolute atomic E-state index is 0.0381. The average Bonchev–Trinajstić information content (AvgIpc) is 3.99. The molecule has 6 aliphatic rings. The van der Waals surface area contributed by atoms with Gasteiger partial charge in [0.2, 0.25) is 21.8 Å². The van der Waals surface area contributed by atoms with E-state index in [1.54, 1.807) is 0 Å². The van der Waals surface area contributed by atoms with Crippen LogP contribution in [0, 0.1) is 17.8 Å². The summed E-state index contributed by atoms with van der Waals surface area (Å²) in [6, 6.07) is 1.67. The number of nitrogens with zero attached hydrogens (tertiary/aromatic N) is 3. The Morgan fingerprint density at radius 1 is 0.950 bits per heavy atom. The van der Waals surface area contributed by atoms with Crippen LogP contribution in [0.1, 0.15) is 96.8 Å². The molecule has 3 N–H and O–H groups in total. The molecule has 4 saturated carbocycles. The zero-order chi connectivity index (χ0) is 42.6. The number of hydrogen-bond acceptors (Lipinski definition) is 12. The van der Waals surface area contributed by atoms with E-state index in [0.717, 1.165) is 38.4 Å². The van der Waals surface area contributed by atoms with E-state index in [1.165, 1.54) is 27.7 Å². The van der Waals surface area contributed by atoms with Crippen molar-refractivity contribution in [3.63, 3.8) is 0 Å². The van der Waals surface area contributed by atoms with Crippen molar-refractivity contribution in [2.75, 3.05) is 12.8 Å². The Labute approximate surface area is 349 Å². The number of fused-ring (bicyclic) bond motifs is 5. The van der Waals surface area contributed by atoms with Crippen molar-refractivity contribution in [1.29, 1.82) is 0 Å². The van der Waals surface area contributed by atoms with E-state index in [-0.39, 0.29) is 71.6 Å². The van der Waals surface area contributed by atoms with Gasteiger partial charge in [-0.2, -0.15) is 4.98 Å². The number of carbonyl (C=O) groups is 4. The SMILES string of the molecule is CC[C@@H]1C[C@]1(NC(=O)[C@@H]1C[C@@H]2CN1C(=O)[C@H](C1CCCC1)NC(=O)O[C@@H]1CCC[C@H]1CC/C=C/Cn1c(nc3cc(S(C)(=O)=O)ccc3c1=O)O2)C(=O)NS(=O)(=O)C1CC1. The van der Waals surface area contributed by atoms with Crippen molar-refractivity contribution >= 4 is 54.6 Å². The molecule has 2 aliphatic heterocycles. The van der Waals surface area contributed by atoms with Crippen molar-refractivity contribution in [3.8, 4) is 6.01 Å². The molecule has 19 heteroatoms. The van der Waals surface area contributed by atoms with Crippen LogP contribution >= 0.6 is 0 Å². The van der Waals surface area contributed by atoms with Gasteiger partial charge in [0.05, 0.1) is 27.6 Å². The standard InChI is InChI=1S/C41H54N6O11S2/c1-3-26-22-41(26,38(51)45-60(55,56)28-15-16-28)44-35(48)32-20-27-23-47(32)37(50)34(25-11-6-7-12-25)43-40(52)58-33-14-9-13-24(33)10-5-4-8-19-46-36(49)30-18-17-29(59(2,53)54)21-31(30)42-39(46)57-27/h4,8,17-18,21,24-28,32-34H,3,5-7,9-16,19-20,22-23H2,1-2H3,(H,43,52)(H,44,48)(H,45,51)/b8-4+/t24-,26-,27-,32+,33-,34+,41-/m1/s1. The molecule has 3 heterocycles. The second-order valence-corrected chi connectivity index (χ2v) is 21.5. The molecule has 1 saturated heterocycles. The molecule has 5 fully saturated rings. The Morgan fingerprint density at radius 3 is 2.40 bits per heavy atom. The van der Waals surface area contributed by atoms with Crippen LogP contribution in [0.25, 0.3) is 10.9 Å². The van der Waals surface area contributed by atoms with Crippen LogP contribution in [0.3, 0.4) is 0 Å². The van der Waals surface area contributed by atoms with Gasteiger partial charge in [-0.25, -0.2) is 21.6 Å². The van der Waals surface area contributed by atoms with Crippen LogP contribution in [-0.4, -0.2) is 103 Å². The van der Waals surface area contributed by atoms with Crippen LogP contribution in [0.4, 0.5) is 4.79 Å². The Hall–Kier alpha value is -4.52. The molecule has 4 amide bonds. The van der Waals surface area contributed by atoms with E-state index in [0.29, 0.717) is 44.9 Å². The number of ether oxygens (including phenoxy) is 2. The maximum Gasteiger partial charge on any atom is 0.408 e. The summed E-state index contributed by atoms with van der Waals surface area (Å²) in [4.78, 5) is 76.8. The molecule has 60 heavy (non-hydrogen) atoms. The fourth-order valence-electron chi connectivity index (χ4n) is 9.73. The van der Waals surface area contributed by atoms with Gasteiger partial charge < -0.3 is 25.0 Å². The first-order valence-electron chi connectivity index (χ1n) is 21.3. The van der Waals surface area contributed by atoms with Crippen LogP contribution in [-0.2, 0) is 45.5 Å². The summed E-state index contributed by atoms with van der Waals surface area (Å²) in [5, 5.41) is 5.25. The maximum atomic E-state index is 14.9. The summed E-state index contributed by atoms with van der Waals surface area (Å²) in [5.41, 5.74) is -1.90. The van der Waals surface area contributed by atoms with E-state index in [2.05, 4.69) is 20.3 Å². The molecule has 2 aromatic rings. The minimum atomic E-state index is -3.93. The van der Waals surface area contributed by atoms with Crippen LogP contribution in [0.2, 0.25) is 0 Å². The number of amides is 4. The number of nitrogens with one attached hydrogen (secondary N) is 3. The van der Waals surface area contributed by atoms with Gasteiger partial charge in [-0.1, -0.05) is 38.3 Å². The highest BCUT2D eigenvalue weighted by molar-refractivity contribution is 7.91. The van der Waals surface area contributed by atoms with E-state index in [4.69, 9.17) is 9.47 Å². The molecule has 0 unspecified atom stereocenters. The van der Waals surface area contributed by atoms with Crippen molar-refractivity contribution in [2.45, 2.75) is 143 Å². The van der Waals surface area contributed by atoms with Crippen LogP contribution in [0.15, 0.2) is 40.0 Å². The third kappa shape index (κ3) is 8.52. The first kappa shape index (κ1) is 42.2. The number of aromatic nitrogens is 2. The summed E-state index contributed by atoms with van der Waals surface area (Å²) >= 11 is 0. The molecular weight excluding hydrogens is 817 g/mol. The Balaban J connectivity index is 1.17. The summed E-state index contributed by atoms with van der Waals surface area (Å²) in [5.74, 6) is -2.53. The molecule has 2 bridgehead atoms. The number of sulfone groups is 1. The first-order chi connectivity index (χ1) is 28.6. The summed E-state index contributed by atoms with van der Waals surface area (Å²) in [6.45, 7) is 1.73. The van der Waals surface area contributed by atoms with E-state index >= 15 is 0 Å². The molecule has 1 aromatic heterocycles. The van der Waals surface area contributed by atoms with Gasteiger partial charge in [0.1, 0.15) is 29.8 Å². The number of allylic oxidation sites excluding steroid dienone is 2. The first-order valence-corrected chi connectivity index (χ1v) is 24.7. The largest absolute Gasteiger partial charge is 0.459 e. The normalized spacial score (nSPS) is 30.9. The lowest BCUT2D eigenvalue weighted by atomic mass is 9.96. The predicted molar refractivity (Wildman–Crippen MR) is 218 cm³/mol. The topological polar surface area (TPSA) is 229 Å². The average molecular weight is 871 g/mol. The molecule has 0 spiro atoms. The summed E-state index contributed by atoms with van der Waals surface area (Å²) in [7, 11) is -7.58. The molecule has 0 radical (unpaired) electrons. The van der Waals surface area contributed by atoms with E-state index < -0.39 is 78.2 Å². The van der Waals surface area contributed by atoms with Crippen molar-refractivity contribution in [2.24, 2.45) is 17.8 Å². The quantitative estimate of drug-likeness (QED) is 0.326. The smallest absolute Gasteiger partial charge is 0.408 e. The zero-order valence-corrected chi connectivity index (χ0v) is 35.6. The number of rotatable bonds is 8. The fourth-order valence-corrected chi connectivity index (χ4v) is 11.7. The zero-order valence-electron chi connectivity index (χ0n) is 34.0. The summed E-state index contributed by atoms with van der Waals surface area (Å²) in [6.07, 6.45) is 11.2. The van der Waals surface area contributed by atoms with Crippen molar-refractivity contribution < 1.29 is 45.5 Å². The highest BCUT2D eigenvalue weighted by Gasteiger charge is 2.62. The lowest BCUT2D eigenvalue weighted by molar-refractivity contribution is -0.142. The van der Waals surface area contributed by atoms with Gasteiger partial charge in [0.25, 0.3) is 17.5 Å². The minimum Gasteiger partial charge on any atom is -0.459 e. The summed E-state index contributed by atoms with van der Waals surface area (Å²) < 4.78 is 66.6. The Morgan fingerprint density at radius 2 is 1.70 bits per heavy atom. The third-order valence-electron chi connectivity index (χ3n) is 13.4. The fraction of sp³-hybridized carbons (Fsp3) is 0.659. The van der Waals surface area contributed by atoms with E-state index in [1.807, 2.05) is 19.1 Å². The molecule has 17 nitrogen and oxygen atoms in total. The van der Waals surface area contributed by atoms with Crippen molar-refractivity contribution in [3.05, 3.63) is 40.7 Å². The molecule has 326 valence electrons. The molecule has 7 atom stereocenters. The second kappa shape index (κ2) is 16.4. The highest BCUT2D eigenvalue weighted by Crippen LogP contribution is 2.47. The number of sulfonamides is 1. The third-order valence-corrected chi connectivity index (χ3v) is 16.3. The van der Waals surface area contributed by atoms with Gasteiger partial charge in [-0.15, -0.1) is 0 Å². The molecular formula is C41H54N6O11S2. The lowest BCUT2D eigenvalue weighted by Gasteiger charge is -2.32. The number of alkyl carbamates (subject to hydrolysis) is 1. The van der Waals surface area contributed by atoms with E-state index in [9.17, 15) is 40.8 Å². The van der Waals surface area contributed by atoms with Gasteiger partial charge in [-0.3, -0.25) is 28.5 Å². The maximum absolute atomic E-state index is 14.9. The second-order valence-electron chi connectivity index (χ2n) is 17.5. The monoisotopic (exact) mass is 870 g/mol. The molecule has 4 aliphatic carbocycles. The van der Waals surface area contributed by atoms with Crippen LogP contribution < -0.4 is 25.7 Å². The van der Waals surface area contributed by atoms with Gasteiger partial charge in [0.15, 0.2) is 9.84 Å². The molecule has 8 rings (SSSR count). The predicted octanol–water partition coefficient (Wildman–Crippen LogP) is 2.85. The van der Waals surface area contributed by atoms with Gasteiger partial charge >= 0.3 is 6.09 Å². The van der Waals surface area contributed by atoms with Crippen LogP contribution in [0.5, 0.6) is 6.01 Å².